The number of rotatable bonds is 7. The molecule has 0 spiro atoms. The Labute approximate surface area is 130 Å². The van der Waals surface area contributed by atoms with Crippen molar-refractivity contribution in [2.45, 2.75) is 32.8 Å². The molecular formula is C16H24N4O2. The fourth-order valence-corrected chi connectivity index (χ4v) is 2.31. The minimum absolute atomic E-state index is 0.258. The lowest BCUT2D eigenvalue weighted by Crippen LogP contribution is -2.40. The number of hydrogen-bond donors (Lipinski definition) is 3. The van der Waals surface area contributed by atoms with Crippen molar-refractivity contribution in [3.05, 3.63) is 36.3 Å². The van der Waals surface area contributed by atoms with Gasteiger partial charge in [-0.2, -0.15) is 0 Å². The number of nitrogens with one attached hydrogen (secondary N) is 2. The molecule has 0 fully saturated rings. The SMILES string of the molecule is CC(C)CC(O)CNC(=O)NCCc1cn2ccccc2n1. The largest absolute Gasteiger partial charge is 0.391 e. The van der Waals surface area contributed by atoms with Crippen molar-refractivity contribution in [1.29, 1.82) is 0 Å². The van der Waals surface area contributed by atoms with E-state index in [1.165, 1.54) is 0 Å². The second-order valence-corrected chi connectivity index (χ2v) is 5.87. The van der Waals surface area contributed by atoms with Crippen molar-refractivity contribution in [3.8, 4) is 0 Å². The molecule has 0 saturated carbocycles. The highest BCUT2D eigenvalue weighted by molar-refractivity contribution is 5.73. The minimum Gasteiger partial charge on any atom is -0.391 e. The monoisotopic (exact) mass is 304 g/mol. The molecule has 0 aliphatic rings. The van der Waals surface area contributed by atoms with Crippen LogP contribution in [-0.2, 0) is 6.42 Å². The van der Waals surface area contributed by atoms with E-state index in [1.54, 1.807) is 0 Å². The number of amides is 2. The third kappa shape index (κ3) is 5.04. The normalized spacial score (nSPS) is 12.5. The van der Waals surface area contributed by atoms with Crippen molar-refractivity contribution in [2.75, 3.05) is 13.1 Å². The standard InChI is InChI=1S/C16H24N4O2/c1-12(2)9-14(21)10-18-16(22)17-7-6-13-11-20-8-4-3-5-15(20)19-13/h3-5,8,11-12,14,21H,6-7,9-10H2,1-2H3,(H2,17,18,22). The minimum atomic E-state index is -0.496. The zero-order valence-electron chi connectivity index (χ0n) is 13.1. The van der Waals surface area contributed by atoms with Gasteiger partial charge in [0.2, 0.25) is 0 Å². The second kappa shape index (κ2) is 7.79. The first kappa shape index (κ1) is 16.3. The number of carbonyl (C=O) groups is 1. The number of aliphatic hydroxyl groups excluding tert-OH is 1. The Kier molecular flexibility index (Phi) is 5.77. The molecule has 0 aliphatic carbocycles. The van der Waals surface area contributed by atoms with Crippen LogP contribution in [0.4, 0.5) is 4.79 Å². The Hall–Kier alpha value is -2.08. The van der Waals surface area contributed by atoms with E-state index in [4.69, 9.17) is 0 Å². The number of fused-ring (bicyclic) bond motifs is 1. The maximum Gasteiger partial charge on any atom is 0.314 e. The predicted octanol–water partition coefficient (Wildman–Crippen LogP) is 1.58. The van der Waals surface area contributed by atoms with Crippen LogP contribution < -0.4 is 10.6 Å². The van der Waals surface area contributed by atoms with Gasteiger partial charge in [-0.15, -0.1) is 0 Å². The van der Waals surface area contributed by atoms with Crippen LogP contribution >= 0.6 is 0 Å². The topological polar surface area (TPSA) is 78.7 Å². The maximum absolute atomic E-state index is 11.6. The first-order valence-corrected chi connectivity index (χ1v) is 7.67. The third-order valence-corrected chi connectivity index (χ3v) is 3.32. The van der Waals surface area contributed by atoms with Crippen molar-refractivity contribution in [1.82, 2.24) is 20.0 Å². The van der Waals surface area contributed by atoms with Crippen molar-refractivity contribution >= 4 is 11.7 Å². The number of hydrogen-bond acceptors (Lipinski definition) is 3. The summed E-state index contributed by atoms with van der Waals surface area (Å²) in [5, 5.41) is 15.1. The summed E-state index contributed by atoms with van der Waals surface area (Å²) >= 11 is 0. The van der Waals surface area contributed by atoms with Crippen LogP contribution in [0, 0.1) is 5.92 Å². The Balaban J connectivity index is 1.68. The smallest absolute Gasteiger partial charge is 0.314 e. The van der Waals surface area contributed by atoms with Gasteiger partial charge in [-0.3, -0.25) is 0 Å². The molecule has 2 aromatic rings. The van der Waals surface area contributed by atoms with Crippen LogP contribution in [0.15, 0.2) is 30.6 Å². The molecular weight excluding hydrogens is 280 g/mol. The average molecular weight is 304 g/mol. The summed E-state index contributed by atoms with van der Waals surface area (Å²) in [5.41, 5.74) is 1.84. The Bertz CT molecular complexity index is 576. The van der Waals surface area contributed by atoms with E-state index in [0.29, 0.717) is 25.3 Å². The zero-order chi connectivity index (χ0) is 15.9. The van der Waals surface area contributed by atoms with Gasteiger partial charge in [0.1, 0.15) is 5.65 Å². The van der Waals surface area contributed by atoms with Crippen molar-refractivity contribution in [2.24, 2.45) is 5.92 Å². The molecule has 2 rings (SSSR count). The van der Waals surface area contributed by atoms with Crippen LogP contribution in [0.2, 0.25) is 0 Å². The summed E-state index contributed by atoms with van der Waals surface area (Å²) in [5.74, 6) is 0.412. The highest BCUT2D eigenvalue weighted by Gasteiger charge is 2.09. The van der Waals surface area contributed by atoms with E-state index in [1.807, 2.05) is 48.8 Å². The predicted molar refractivity (Wildman–Crippen MR) is 85.8 cm³/mol. The number of imidazole rings is 1. The Morgan fingerprint density at radius 3 is 2.91 bits per heavy atom. The molecule has 2 aromatic heterocycles. The lowest BCUT2D eigenvalue weighted by Gasteiger charge is -2.14. The van der Waals surface area contributed by atoms with Gasteiger partial charge in [0.15, 0.2) is 0 Å². The molecule has 3 N–H and O–H groups in total. The van der Waals surface area contributed by atoms with Crippen molar-refractivity contribution in [3.63, 3.8) is 0 Å². The molecule has 0 radical (unpaired) electrons. The summed E-state index contributed by atoms with van der Waals surface area (Å²) in [4.78, 5) is 16.1. The first-order chi connectivity index (χ1) is 10.5. The van der Waals surface area contributed by atoms with Crippen LogP contribution in [0.5, 0.6) is 0 Å². The molecule has 0 aliphatic heterocycles. The molecule has 120 valence electrons. The van der Waals surface area contributed by atoms with E-state index in [9.17, 15) is 9.90 Å². The molecule has 1 atom stereocenters. The molecule has 0 saturated heterocycles. The average Bonchev–Trinajstić information content (AvgIpc) is 2.87. The highest BCUT2D eigenvalue weighted by atomic mass is 16.3. The number of urea groups is 1. The molecule has 0 bridgehead atoms. The van der Waals surface area contributed by atoms with Gasteiger partial charge in [0.25, 0.3) is 0 Å². The molecule has 0 aromatic carbocycles. The Morgan fingerprint density at radius 2 is 2.18 bits per heavy atom. The van der Waals surface area contributed by atoms with Gasteiger partial charge in [-0.1, -0.05) is 19.9 Å². The van der Waals surface area contributed by atoms with E-state index >= 15 is 0 Å². The molecule has 6 nitrogen and oxygen atoms in total. The highest BCUT2D eigenvalue weighted by Crippen LogP contribution is 2.05. The number of pyridine rings is 1. The van der Waals surface area contributed by atoms with E-state index in [-0.39, 0.29) is 12.6 Å². The lowest BCUT2D eigenvalue weighted by atomic mass is 10.1. The van der Waals surface area contributed by atoms with E-state index in [2.05, 4.69) is 15.6 Å². The first-order valence-electron chi connectivity index (χ1n) is 7.67. The van der Waals surface area contributed by atoms with Gasteiger partial charge >= 0.3 is 6.03 Å². The van der Waals surface area contributed by atoms with Crippen LogP contribution in [0.25, 0.3) is 5.65 Å². The summed E-state index contributed by atoms with van der Waals surface area (Å²) in [6.07, 6.45) is 4.76. The number of carbonyl (C=O) groups excluding carboxylic acids is 1. The summed E-state index contributed by atoms with van der Waals surface area (Å²) in [6, 6.07) is 5.58. The molecule has 2 heterocycles. The van der Waals surface area contributed by atoms with Crippen LogP contribution in [-0.4, -0.2) is 39.7 Å². The van der Waals surface area contributed by atoms with Crippen LogP contribution in [0.3, 0.4) is 0 Å². The summed E-state index contributed by atoms with van der Waals surface area (Å²) < 4.78 is 1.96. The fourth-order valence-electron chi connectivity index (χ4n) is 2.31. The van der Waals surface area contributed by atoms with Gasteiger partial charge < -0.3 is 20.1 Å². The maximum atomic E-state index is 11.6. The number of nitrogens with zero attached hydrogens (tertiary/aromatic N) is 2. The lowest BCUT2D eigenvalue weighted by molar-refractivity contribution is 0.147. The van der Waals surface area contributed by atoms with Gasteiger partial charge in [-0.25, -0.2) is 9.78 Å². The number of aromatic nitrogens is 2. The third-order valence-electron chi connectivity index (χ3n) is 3.32. The van der Waals surface area contributed by atoms with E-state index < -0.39 is 6.10 Å². The quantitative estimate of drug-likeness (QED) is 0.727. The zero-order valence-corrected chi connectivity index (χ0v) is 13.1. The summed E-state index contributed by atoms with van der Waals surface area (Å²) in [6.45, 7) is 4.87. The summed E-state index contributed by atoms with van der Waals surface area (Å²) in [7, 11) is 0. The molecule has 1 unspecified atom stereocenters. The van der Waals surface area contributed by atoms with Crippen LogP contribution in [0.1, 0.15) is 26.0 Å². The van der Waals surface area contributed by atoms with E-state index in [0.717, 1.165) is 11.3 Å². The van der Waals surface area contributed by atoms with Gasteiger partial charge in [-0.05, 0) is 24.5 Å². The Morgan fingerprint density at radius 1 is 1.36 bits per heavy atom. The fraction of sp³-hybridized carbons (Fsp3) is 0.500. The molecule has 6 heteroatoms. The molecule has 2 amide bonds. The van der Waals surface area contributed by atoms with Gasteiger partial charge in [0.05, 0.1) is 11.8 Å². The number of aliphatic hydroxyl groups is 1. The second-order valence-electron chi connectivity index (χ2n) is 5.87. The van der Waals surface area contributed by atoms with Gasteiger partial charge in [0, 0.05) is 31.9 Å². The van der Waals surface area contributed by atoms with Crippen molar-refractivity contribution < 1.29 is 9.90 Å². The molecule has 22 heavy (non-hydrogen) atoms.